The van der Waals surface area contributed by atoms with Crippen LogP contribution in [-0.2, 0) is 18.6 Å². The predicted molar refractivity (Wildman–Crippen MR) is 121 cm³/mol. The SMILES string of the molecule is Cc1ncoc1-c1nnc(SCCCN2C[C@H]3C[C@@]3(c3cccc(C(F)(F)F)c3F)C2)n1C.Cl. The van der Waals surface area contributed by atoms with Gasteiger partial charge < -0.3 is 13.9 Å². The number of alkyl halides is 3. The Morgan fingerprint density at radius 1 is 1.26 bits per heavy atom. The first kappa shape index (κ1) is 25.0. The Bertz CT molecular complexity index is 1180. The lowest BCUT2D eigenvalue weighted by Gasteiger charge is -2.22. The molecule has 2 fully saturated rings. The average Bonchev–Trinajstić information content (AvgIpc) is 3.06. The monoisotopic (exact) mass is 517 g/mol. The summed E-state index contributed by atoms with van der Waals surface area (Å²) in [7, 11) is 1.88. The summed E-state index contributed by atoms with van der Waals surface area (Å²) in [5.41, 5.74) is -0.681. The number of nitrogens with zero attached hydrogens (tertiary/aromatic N) is 5. The van der Waals surface area contributed by atoms with Crippen molar-refractivity contribution in [2.24, 2.45) is 13.0 Å². The number of piperidine rings is 1. The molecule has 3 aromatic rings. The number of rotatable bonds is 7. The Hall–Kier alpha value is -2.11. The van der Waals surface area contributed by atoms with Gasteiger partial charge in [0.15, 0.2) is 17.3 Å². The van der Waals surface area contributed by atoms with E-state index in [2.05, 4.69) is 20.1 Å². The first-order valence-corrected chi connectivity index (χ1v) is 11.7. The second kappa shape index (κ2) is 9.16. The fourth-order valence-corrected chi connectivity index (χ4v) is 5.75. The predicted octanol–water partition coefficient (Wildman–Crippen LogP) is 5.11. The van der Waals surface area contributed by atoms with Gasteiger partial charge in [0.05, 0.1) is 11.3 Å². The lowest BCUT2D eigenvalue weighted by Crippen LogP contribution is -2.28. The molecule has 0 N–H and O–H groups in total. The van der Waals surface area contributed by atoms with E-state index in [1.165, 1.54) is 18.5 Å². The Balaban J connectivity index is 0.00000274. The molecule has 2 aliphatic rings. The van der Waals surface area contributed by atoms with Gasteiger partial charge in [-0.25, -0.2) is 9.37 Å². The molecule has 12 heteroatoms. The molecule has 5 rings (SSSR count). The summed E-state index contributed by atoms with van der Waals surface area (Å²) in [4.78, 5) is 6.31. The lowest BCUT2D eigenvalue weighted by atomic mass is 9.92. The number of fused-ring (bicyclic) bond motifs is 1. The van der Waals surface area contributed by atoms with E-state index >= 15 is 0 Å². The molecule has 1 aromatic carbocycles. The van der Waals surface area contributed by atoms with E-state index in [4.69, 9.17) is 4.42 Å². The molecule has 1 saturated heterocycles. The van der Waals surface area contributed by atoms with Crippen LogP contribution in [0.15, 0.2) is 34.2 Å². The van der Waals surface area contributed by atoms with Gasteiger partial charge in [0.1, 0.15) is 5.82 Å². The summed E-state index contributed by atoms with van der Waals surface area (Å²) < 4.78 is 61.4. The topological polar surface area (TPSA) is 60.0 Å². The van der Waals surface area contributed by atoms with Crippen LogP contribution in [-0.4, -0.2) is 50.0 Å². The van der Waals surface area contributed by atoms with Crippen LogP contribution in [0, 0.1) is 18.7 Å². The molecule has 6 nitrogen and oxygen atoms in total. The maximum Gasteiger partial charge on any atom is 0.419 e. The van der Waals surface area contributed by atoms with Crippen molar-refractivity contribution in [3.05, 3.63) is 47.2 Å². The lowest BCUT2D eigenvalue weighted by molar-refractivity contribution is -0.140. The summed E-state index contributed by atoms with van der Waals surface area (Å²) in [6.45, 7) is 4.04. The van der Waals surface area contributed by atoms with Gasteiger partial charge in [-0.3, -0.25) is 0 Å². The molecule has 3 heterocycles. The molecule has 34 heavy (non-hydrogen) atoms. The summed E-state index contributed by atoms with van der Waals surface area (Å²) in [6.07, 6.45) is -1.67. The summed E-state index contributed by atoms with van der Waals surface area (Å²) in [6, 6.07) is 3.66. The van der Waals surface area contributed by atoms with Gasteiger partial charge in [0.2, 0.25) is 5.82 Å². The number of aromatic nitrogens is 4. The van der Waals surface area contributed by atoms with Gasteiger partial charge in [-0.05, 0) is 43.9 Å². The van der Waals surface area contributed by atoms with E-state index in [1.54, 1.807) is 11.8 Å². The Labute approximate surface area is 204 Å². The molecule has 0 radical (unpaired) electrons. The number of aryl methyl sites for hydroxylation is 1. The number of hydrogen-bond acceptors (Lipinski definition) is 6. The number of halogens is 5. The Morgan fingerprint density at radius 2 is 2.06 bits per heavy atom. The molecular formula is C22H24ClF4N5OS. The maximum absolute atomic E-state index is 14.7. The van der Waals surface area contributed by atoms with Crippen LogP contribution in [0.2, 0.25) is 0 Å². The highest BCUT2D eigenvalue weighted by molar-refractivity contribution is 7.99. The normalized spacial score (nSPS) is 22.0. The molecule has 184 valence electrons. The molecule has 1 aliphatic heterocycles. The van der Waals surface area contributed by atoms with E-state index in [-0.39, 0.29) is 23.9 Å². The van der Waals surface area contributed by atoms with E-state index in [9.17, 15) is 17.6 Å². The second-order valence-electron chi connectivity index (χ2n) is 8.79. The number of benzene rings is 1. The summed E-state index contributed by atoms with van der Waals surface area (Å²) in [5, 5.41) is 9.20. The largest absolute Gasteiger partial charge is 0.440 e. The van der Waals surface area contributed by atoms with Crippen LogP contribution in [0.3, 0.4) is 0 Å². The fraction of sp³-hybridized carbons (Fsp3) is 0.500. The smallest absolute Gasteiger partial charge is 0.419 e. The van der Waals surface area contributed by atoms with E-state index in [0.29, 0.717) is 18.1 Å². The van der Waals surface area contributed by atoms with Crippen LogP contribution in [0.25, 0.3) is 11.6 Å². The molecule has 2 atom stereocenters. The first-order chi connectivity index (χ1) is 15.7. The van der Waals surface area contributed by atoms with E-state index < -0.39 is 23.0 Å². The number of oxazole rings is 1. The quantitative estimate of drug-likeness (QED) is 0.246. The van der Waals surface area contributed by atoms with Crippen molar-refractivity contribution in [3.8, 4) is 11.6 Å². The zero-order valence-corrected chi connectivity index (χ0v) is 20.2. The highest BCUT2D eigenvalue weighted by Gasteiger charge is 2.61. The molecule has 0 spiro atoms. The zero-order valence-electron chi connectivity index (χ0n) is 18.6. The third kappa shape index (κ3) is 4.33. The third-order valence-electron chi connectivity index (χ3n) is 6.69. The molecule has 1 saturated carbocycles. The van der Waals surface area contributed by atoms with Gasteiger partial charge >= 0.3 is 6.18 Å². The van der Waals surface area contributed by atoms with Crippen LogP contribution in [0.4, 0.5) is 17.6 Å². The van der Waals surface area contributed by atoms with E-state index in [0.717, 1.165) is 48.6 Å². The van der Waals surface area contributed by atoms with Crippen molar-refractivity contribution in [1.29, 1.82) is 0 Å². The minimum absolute atomic E-state index is 0. The van der Waals surface area contributed by atoms with Crippen molar-refractivity contribution in [1.82, 2.24) is 24.6 Å². The van der Waals surface area contributed by atoms with Crippen LogP contribution in [0.5, 0.6) is 0 Å². The average molecular weight is 518 g/mol. The van der Waals surface area contributed by atoms with Crippen LogP contribution >= 0.6 is 24.2 Å². The highest BCUT2D eigenvalue weighted by Crippen LogP contribution is 2.60. The third-order valence-corrected chi connectivity index (χ3v) is 7.80. The zero-order chi connectivity index (χ0) is 23.4. The number of thioether (sulfide) groups is 1. The Morgan fingerprint density at radius 3 is 2.76 bits per heavy atom. The minimum Gasteiger partial charge on any atom is -0.440 e. The molecule has 0 unspecified atom stereocenters. The molecule has 0 bridgehead atoms. The van der Waals surface area contributed by atoms with Gasteiger partial charge in [-0.15, -0.1) is 22.6 Å². The molecule has 1 aliphatic carbocycles. The van der Waals surface area contributed by atoms with Gasteiger partial charge in [0.25, 0.3) is 0 Å². The maximum atomic E-state index is 14.7. The fourth-order valence-electron chi connectivity index (χ4n) is 4.92. The van der Waals surface area contributed by atoms with Gasteiger partial charge in [-0.2, -0.15) is 13.2 Å². The number of hydrogen-bond donors (Lipinski definition) is 0. The summed E-state index contributed by atoms with van der Waals surface area (Å²) >= 11 is 1.58. The van der Waals surface area contributed by atoms with Crippen LogP contribution < -0.4 is 0 Å². The van der Waals surface area contributed by atoms with E-state index in [1.807, 2.05) is 18.5 Å². The second-order valence-corrected chi connectivity index (χ2v) is 9.85. The molecule has 2 aromatic heterocycles. The van der Waals surface area contributed by atoms with Crippen molar-refractivity contribution in [3.63, 3.8) is 0 Å². The van der Waals surface area contributed by atoms with Gasteiger partial charge in [0, 0.05) is 31.3 Å². The first-order valence-electron chi connectivity index (χ1n) is 10.7. The van der Waals surface area contributed by atoms with Crippen molar-refractivity contribution < 1.29 is 22.0 Å². The Kier molecular flexibility index (Phi) is 6.73. The molecular weight excluding hydrogens is 494 g/mol. The van der Waals surface area contributed by atoms with Crippen molar-refractivity contribution in [2.45, 2.75) is 36.5 Å². The van der Waals surface area contributed by atoms with Crippen LogP contribution in [0.1, 0.15) is 29.7 Å². The number of likely N-dealkylation sites (tertiary alicyclic amines) is 1. The minimum atomic E-state index is -4.68. The molecule has 0 amide bonds. The van der Waals surface area contributed by atoms with Crippen molar-refractivity contribution >= 4 is 24.2 Å². The highest BCUT2D eigenvalue weighted by atomic mass is 35.5. The standard InChI is InChI=1S/C22H23F4N5OS.ClH/c1-13-18(32-12-27-13)19-28-29-20(30(19)2)33-8-4-7-31-10-14-9-21(14,11-31)15-5-3-6-16(17(15)23)22(24,25)26;/h3,5-6,12,14H,4,7-11H2,1-2H3;1H/t14-,21-;/m1./s1. The van der Waals surface area contributed by atoms with Crippen molar-refractivity contribution in [2.75, 3.05) is 25.4 Å². The van der Waals surface area contributed by atoms with Gasteiger partial charge in [-0.1, -0.05) is 23.9 Å². The summed E-state index contributed by atoms with van der Waals surface area (Å²) in [5.74, 6) is 1.14.